The van der Waals surface area contributed by atoms with Gasteiger partial charge in [0.05, 0.1) is 37.4 Å². The number of nitrogens with one attached hydrogen (secondary N) is 1. The summed E-state index contributed by atoms with van der Waals surface area (Å²) in [6.07, 6.45) is 0. The van der Waals surface area contributed by atoms with Gasteiger partial charge in [0.15, 0.2) is 10.9 Å². The number of quaternary nitrogens is 1. The SMILES string of the molecule is Cc1ccc2nc(N(CC[NH+](C)C)C(=O)c3cc4ccccc4o3)sc2c1. The van der Waals surface area contributed by atoms with Crippen molar-refractivity contribution in [3.8, 4) is 0 Å². The van der Waals surface area contributed by atoms with E-state index >= 15 is 0 Å². The third-order valence-electron chi connectivity index (χ3n) is 4.48. The number of furan rings is 1. The number of para-hydroxylation sites is 1. The van der Waals surface area contributed by atoms with E-state index in [-0.39, 0.29) is 5.91 Å². The highest BCUT2D eigenvalue weighted by molar-refractivity contribution is 7.22. The van der Waals surface area contributed by atoms with Crippen molar-refractivity contribution in [3.05, 3.63) is 59.9 Å². The van der Waals surface area contributed by atoms with E-state index in [4.69, 9.17) is 9.40 Å². The number of nitrogens with zero attached hydrogens (tertiary/aromatic N) is 2. The second kappa shape index (κ2) is 7.13. The average molecular weight is 380 g/mol. The molecule has 0 radical (unpaired) electrons. The molecule has 4 aromatic rings. The van der Waals surface area contributed by atoms with E-state index in [1.54, 1.807) is 16.2 Å². The molecule has 2 heterocycles. The number of amides is 1. The minimum Gasteiger partial charge on any atom is -0.451 e. The van der Waals surface area contributed by atoms with Crippen LogP contribution in [0.2, 0.25) is 0 Å². The smallest absolute Gasteiger partial charge is 0.296 e. The Kier molecular flexibility index (Phi) is 4.68. The molecule has 0 fully saturated rings. The number of carbonyl (C=O) groups is 1. The quantitative estimate of drug-likeness (QED) is 0.579. The molecular formula is C21H22N3O2S+. The first-order valence-corrected chi connectivity index (χ1v) is 9.79. The molecule has 138 valence electrons. The molecule has 0 unspecified atom stereocenters. The van der Waals surface area contributed by atoms with Gasteiger partial charge in [-0.25, -0.2) is 4.98 Å². The van der Waals surface area contributed by atoms with Crippen molar-refractivity contribution in [2.24, 2.45) is 0 Å². The lowest BCUT2D eigenvalue weighted by Crippen LogP contribution is -3.06. The van der Waals surface area contributed by atoms with Crippen molar-refractivity contribution in [2.45, 2.75) is 6.92 Å². The number of rotatable bonds is 5. The first-order chi connectivity index (χ1) is 13.0. The molecule has 0 atom stereocenters. The number of aromatic nitrogens is 1. The third kappa shape index (κ3) is 3.59. The third-order valence-corrected chi connectivity index (χ3v) is 5.52. The van der Waals surface area contributed by atoms with Gasteiger partial charge in [0, 0.05) is 5.39 Å². The van der Waals surface area contributed by atoms with Crippen LogP contribution in [0.25, 0.3) is 21.2 Å². The molecule has 0 spiro atoms. The van der Waals surface area contributed by atoms with E-state index in [1.165, 1.54) is 10.5 Å². The predicted molar refractivity (Wildman–Crippen MR) is 110 cm³/mol. The van der Waals surface area contributed by atoms with Gasteiger partial charge in [-0.3, -0.25) is 9.69 Å². The molecular weight excluding hydrogens is 358 g/mol. The molecule has 2 aromatic heterocycles. The van der Waals surface area contributed by atoms with Crippen LogP contribution in [0.4, 0.5) is 5.13 Å². The van der Waals surface area contributed by atoms with Crippen molar-refractivity contribution < 1.29 is 14.1 Å². The highest BCUT2D eigenvalue weighted by Crippen LogP contribution is 2.31. The molecule has 0 saturated heterocycles. The van der Waals surface area contributed by atoms with E-state index < -0.39 is 0 Å². The van der Waals surface area contributed by atoms with Crippen LogP contribution in [-0.2, 0) is 0 Å². The summed E-state index contributed by atoms with van der Waals surface area (Å²) in [5.41, 5.74) is 2.82. The second-order valence-electron chi connectivity index (χ2n) is 7.03. The lowest BCUT2D eigenvalue weighted by Gasteiger charge is -2.19. The van der Waals surface area contributed by atoms with Gasteiger partial charge >= 0.3 is 0 Å². The summed E-state index contributed by atoms with van der Waals surface area (Å²) in [5, 5.41) is 1.64. The molecule has 0 saturated carbocycles. The fourth-order valence-electron chi connectivity index (χ4n) is 2.97. The fourth-order valence-corrected chi connectivity index (χ4v) is 4.06. The number of hydrogen-bond donors (Lipinski definition) is 1. The van der Waals surface area contributed by atoms with Crippen LogP contribution in [0.1, 0.15) is 16.1 Å². The molecule has 4 rings (SSSR count). The molecule has 0 aliphatic rings. The average Bonchev–Trinajstić information content (AvgIpc) is 3.24. The summed E-state index contributed by atoms with van der Waals surface area (Å²) in [6.45, 7) is 3.46. The first-order valence-electron chi connectivity index (χ1n) is 8.98. The van der Waals surface area contributed by atoms with Gasteiger partial charge in [-0.2, -0.15) is 0 Å². The largest absolute Gasteiger partial charge is 0.451 e. The zero-order valence-corrected chi connectivity index (χ0v) is 16.5. The number of fused-ring (bicyclic) bond motifs is 2. The topological polar surface area (TPSA) is 50.8 Å². The van der Waals surface area contributed by atoms with Crippen molar-refractivity contribution in [2.75, 3.05) is 32.1 Å². The van der Waals surface area contributed by atoms with Crippen LogP contribution in [0.15, 0.2) is 52.9 Å². The minimum atomic E-state index is -0.150. The Bertz CT molecular complexity index is 1080. The van der Waals surface area contributed by atoms with E-state index in [0.29, 0.717) is 17.4 Å². The van der Waals surface area contributed by atoms with Crippen molar-refractivity contribution >= 4 is 43.6 Å². The van der Waals surface area contributed by atoms with Gasteiger partial charge in [0.1, 0.15) is 5.58 Å². The molecule has 6 heteroatoms. The summed E-state index contributed by atoms with van der Waals surface area (Å²) in [6, 6.07) is 15.6. The maximum absolute atomic E-state index is 13.3. The van der Waals surface area contributed by atoms with Gasteiger partial charge in [0.25, 0.3) is 5.91 Å². The highest BCUT2D eigenvalue weighted by atomic mass is 32.1. The Labute approximate surface area is 161 Å². The number of thiazole rings is 1. The van der Waals surface area contributed by atoms with Crippen LogP contribution >= 0.6 is 11.3 Å². The Hall–Kier alpha value is -2.70. The van der Waals surface area contributed by atoms with E-state index in [1.807, 2.05) is 42.5 Å². The van der Waals surface area contributed by atoms with Crippen LogP contribution in [0.3, 0.4) is 0 Å². The van der Waals surface area contributed by atoms with E-state index in [0.717, 1.165) is 27.7 Å². The van der Waals surface area contributed by atoms with Gasteiger partial charge < -0.3 is 9.32 Å². The summed E-state index contributed by atoms with van der Waals surface area (Å²) in [7, 11) is 4.15. The monoisotopic (exact) mass is 380 g/mol. The molecule has 0 aliphatic heterocycles. The number of aryl methyl sites for hydroxylation is 1. The number of likely N-dealkylation sites (N-methyl/N-ethyl adjacent to an activating group) is 1. The summed E-state index contributed by atoms with van der Waals surface area (Å²) in [5.74, 6) is 0.198. The Morgan fingerprint density at radius 2 is 2.00 bits per heavy atom. The van der Waals surface area contributed by atoms with Gasteiger partial charge in [-0.1, -0.05) is 35.6 Å². The maximum atomic E-state index is 13.3. The predicted octanol–water partition coefficient (Wildman–Crippen LogP) is 3.14. The standard InChI is InChI=1S/C21H21N3O2S/c1-14-8-9-16-19(12-14)27-21(22-16)24(11-10-23(2)3)20(25)18-13-15-6-4-5-7-17(15)26-18/h4-9,12-13H,10-11H2,1-3H3/p+1. The van der Waals surface area contributed by atoms with Gasteiger partial charge in [-0.05, 0) is 36.8 Å². The van der Waals surface area contributed by atoms with Crippen molar-refractivity contribution in [1.82, 2.24) is 4.98 Å². The number of benzene rings is 2. The van der Waals surface area contributed by atoms with E-state index in [2.05, 4.69) is 27.1 Å². The van der Waals surface area contributed by atoms with E-state index in [9.17, 15) is 4.79 Å². The van der Waals surface area contributed by atoms with Crippen LogP contribution < -0.4 is 9.80 Å². The highest BCUT2D eigenvalue weighted by Gasteiger charge is 2.25. The molecule has 2 aromatic carbocycles. The number of hydrogen-bond acceptors (Lipinski definition) is 4. The Balaban J connectivity index is 1.73. The Morgan fingerprint density at radius 1 is 1.19 bits per heavy atom. The van der Waals surface area contributed by atoms with Gasteiger partial charge in [-0.15, -0.1) is 0 Å². The summed E-state index contributed by atoms with van der Waals surface area (Å²) >= 11 is 1.54. The first kappa shape index (κ1) is 17.7. The van der Waals surface area contributed by atoms with Crippen LogP contribution in [0.5, 0.6) is 0 Å². The number of anilines is 1. The maximum Gasteiger partial charge on any atom is 0.296 e. The molecule has 1 N–H and O–H groups in total. The zero-order valence-electron chi connectivity index (χ0n) is 15.7. The summed E-state index contributed by atoms with van der Waals surface area (Å²) < 4.78 is 6.90. The number of carbonyl (C=O) groups excluding carboxylic acids is 1. The molecule has 0 bridgehead atoms. The normalized spacial score (nSPS) is 11.6. The van der Waals surface area contributed by atoms with Crippen LogP contribution in [-0.4, -0.2) is 38.1 Å². The second-order valence-corrected chi connectivity index (χ2v) is 8.04. The molecule has 1 amide bonds. The molecule has 27 heavy (non-hydrogen) atoms. The lowest BCUT2D eigenvalue weighted by atomic mass is 10.2. The van der Waals surface area contributed by atoms with Crippen molar-refractivity contribution in [1.29, 1.82) is 0 Å². The Morgan fingerprint density at radius 3 is 2.78 bits per heavy atom. The molecule has 5 nitrogen and oxygen atoms in total. The molecule has 0 aliphatic carbocycles. The van der Waals surface area contributed by atoms with Crippen LogP contribution in [0, 0.1) is 6.92 Å². The minimum absolute atomic E-state index is 0.150. The fraction of sp³-hybridized carbons (Fsp3) is 0.238. The lowest BCUT2D eigenvalue weighted by molar-refractivity contribution is -0.856. The van der Waals surface area contributed by atoms with Crippen molar-refractivity contribution in [3.63, 3.8) is 0 Å². The zero-order chi connectivity index (χ0) is 19.0. The van der Waals surface area contributed by atoms with Gasteiger partial charge in [0.2, 0.25) is 0 Å². The summed E-state index contributed by atoms with van der Waals surface area (Å²) in [4.78, 5) is 21.0.